The van der Waals surface area contributed by atoms with E-state index < -0.39 is 27.4 Å². The highest BCUT2D eigenvalue weighted by atomic mass is 32.2. The molecule has 1 fully saturated rings. The highest BCUT2D eigenvalue weighted by Crippen LogP contribution is 2.37. The molecule has 1 N–H and O–H groups in total. The second-order valence-electron chi connectivity index (χ2n) is 6.39. The number of amides is 1. The highest BCUT2D eigenvalue weighted by molar-refractivity contribution is 7.92. The number of hydrogen-bond acceptors (Lipinski definition) is 3. The van der Waals surface area contributed by atoms with Crippen LogP contribution >= 0.6 is 0 Å². The van der Waals surface area contributed by atoms with Crippen molar-refractivity contribution in [3.63, 3.8) is 0 Å². The average molecular weight is 406 g/mol. The largest absolute Gasteiger partial charge is 0.417 e. The summed E-state index contributed by atoms with van der Waals surface area (Å²) in [5.41, 5.74) is -0.240. The lowest BCUT2D eigenvalue weighted by Crippen LogP contribution is -2.42. The van der Waals surface area contributed by atoms with E-state index in [2.05, 4.69) is 11.8 Å². The molecule has 8 heteroatoms. The molecule has 1 heterocycles. The molecule has 3 rings (SSSR count). The highest BCUT2D eigenvalue weighted by Gasteiger charge is 2.33. The number of nitrogens with one attached hydrogen (secondary N) is 1. The van der Waals surface area contributed by atoms with Crippen molar-refractivity contribution in [3.8, 4) is 23.0 Å². The van der Waals surface area contributed by atoms with Gasteiger partial charge < -0.3 is 4.90 Å². The maximum atomic E-state index is 13.5. The fourth-order valence-corrected chi connectivity index (χ4v) is 4.10. The van der Waals surface area contributed by atoms with E-state index in [9.17, 15) is 22.2 Å². The molecule has 0 unspecified atom stereocenters. The minimum Gasteiger partial charge on any atom is -0.330 e. The fourth-order valence-electron chi connectivity index (χ4n) is 2.86. The van der Waals surface area contributed by atoms with Crippen molar-refractivity contribution in [1.29, 1.82) is 4.78 Å². The monoisotopic (exact) mass is 406 g/mol. The summed E-state index contributed by atoms with van der Waals surface area (Å²) in [6.45, 7) is 0.327. The Bertz CT molecular complexity index is 1040. The maximum Gasteiger partial charge on any atom is 0.417 e. The van der Waals surface area contributed by atoms with E-state index in [1.165, 1.54) is 17.0 Å². The van der Waals surface area contributed by atoms with E-state index in [1.54, 1.807) is 30.3 Å². The molecule has 0 atom stereocenters. The van der Waals surface area contributed by atoms with Gasteiger partial charge in [-0.15, -0.1) is 0 Å². The first-order valence-electron chi connectivity index (χ1n) is 8.47. The molecule has 2 aromatic rings. The van der Waals surface area contributed by atoms with E-state index in [1.807, 2.05) is 0 Å². The summed E-state index contributed by atoms with van der Waals surface area (Å²) < 4.78 is 59.7. The number of alkyl halides is 3. The Kier molecular flexibility index (Phi) is 5.47. The zero-order chi connectivity index (χ0) is 20.4. The van der Waals surface area contributed by atoms with Gasteiger partial charge in [0, 0.05) is 45.8 Å². The van der Waals surface area contributed by atoms with Gasteiger partial charge in [-0.05, 0) is 23.3 Å². The Labute approximate surface area is 161 Å². The van der Waals surface area contributed by atoms with E-state index >= 15 is 0 Å². The molecule has 1 saturated heterocycles. The Morgan fingerprint density at radius 2 is 1.71 bits per heavy atom. The van der Waals surface area contributed by atoms with Crippen LogP contribution in [-0.2, 0) is 20.7 Å². The first-order valence-corrected chi connectivity index (χ1v) is 10.4. The molecule has 2 aromatic carbocycles. The minimum atomic E-state index is -4.56. The molecule has 1 aliphatic heterocycles. The fraction of sp³-hybridized carbons (Fsp3) is 0.250. The van der Waals surface area contributed by atoms with Crippen LogP contribution in [0.2, 0.25) is 0 Å². The van der Waals surface area contributed by atoms with E-state index in [0.29, 0.717) is 5.56 Å². The van der Waals surface area contributed by atoms with Gasteiger partial charge in [0.05, 0.1) is 5.56 Å². The van der Waals surface area contributed by atoms with Crippen LogP contribution in [0.4, 0.5) is 13.2 Å². The molecule has 28 heavy (non-hydrogen) atoms. The lowest BCUT2D eigenvalue weighted by molar-refractivity contribution is -0.137. The summed E-state index contributed by atoms with van der Waals surface area (Å²) in [7, 11) is -2.64. The van der Waals surface area contributed by atoms with Crippen molar-refractivity contribution in [2.75, 3.05) is 24.6 Å². The van der Waals surface area contributed by atoms with Crippen LogP contribution in [0.1, 0.15) is 11.1 Å². The van der Waals surface area contributed by atoms with Crippen molar-refractivity contribution in [2.24, 2.45) is 0 Å². The number of rotatable bonds is 1. The summed E-state index contributed by atoms with van der Waals surface area (Å²) >= 11 is 0. The molecule has 1 amide bonds. The van der Waals surface area contributed by atoms with Crippen LogP contribution < -0.4 is 0 Å². The topological polar surface area (TPSA) is 61.2 Å². The Balaban J connectivity index is 1.86. The van der Waals surface area contributed by atoms with E-state index in [-0.39, 0.29) is 35.7 Å². The zero-order valence-corrected chi connectivity index (χ0v) is 15.6. The standard InChI is InChI=1S/C20H17F3N2O2S/c21-20(22,23)18-14-15(6-8-17(18)16-4-2-1-3-5-16)7-9-19(26)25-10-12-28(24,27)13-11-25/h1-6,8,14,24H,10-13H2. The molecular weight excluding hydrogens is 389 g/mol. The molecule has 0 aromatic heterocycles. The number of nitrogens with zero attached hydrogens (tertiary/aromatic N) is 1. The lowest BCUT2D eigenvalue weighted by Gasteiger charge is -2.25. The first kappa shape index (κ1) is 20.0. The van der Waals surface area contributed by atoms with Gasteiger partial charge in [-0.25, -0.2) is 4.21 Å². The van der Waals surface area contributed by atoms with Crippen LogP contribution in [-0.4, -0.2) is 39.6 Å². The van der Waals surface area contributed by atoms with Gasteiger partial charge in [-0.2, -0.15) is 13.2 Å². The van der Waals surface area contributed by atoms with Gasteiger partial charge in [0.25, 0.3) is 5.91 Å². The minimum absolute atomic E-state index is 0.0474. The number of carbonyl (C=O) groups excluding carboxylic acids is 1. The maximum absolute atomic E-state index is 13.5. The van der Waals surface area contributed by atoms with Gasteiger partial charge in [0.2, 0.25) is 0 Å². The number of benzene rings is 2. The lowest BCUT2D eigenvalue weighted by atomic mass is 9.97. The Morgan fingerprint density at radius 1 is 1.07 bits per heavy atom. The molecule has 0 radical (unpaired) electrons. The summed E-state index contributed by atoms with van der Waals surface area (Å²) in [5.74, 6) is 4.47. The predicted molar refractivity (Wildman–Crippen MR) is 101 cm³/mol. The number of hydrogen-bond donors (Lipinski definition) is 1. The van der Waals surface area contributed by atoms with E-state index in [0.717, 1.165) is 6.07 Å². The number of halogens is 3. The van der Waals surface area contributed by atoms with Crippen LogP contribution in [0.3, 0.4) is 0 Å². The summed E-state index contributed by atoms with van der Waals surface area (Å²) in [6, 6.07) is 12.0. The third-order valence-electron chi connectivity index (χ3n) is 4.39. The van der Waals surface area contributed by atoms with Gasteiger partial charge in [-0.1, -0.05) is 42.3 Å². The SMILES string of the molecule is N=S1(=O)CCN(C(=O)C#Cc2ccc(-c3ccccc3)c(C(F)(F)F)c2)CC1. The Hall–Kier alpha value is -2.79. The van der Waals surface area contributed by atoms with Crippen molar-refractivity contribution in [3.05, 3.63) is 59.7 Å². The quantitative estimate of drug-likeness (QED) is 0.736. The Morgan fingerprint density at radius 3 is 2.32 bits per heavy atom. The molecule has 0 spiro atoms. The van der Waals surface area contributed by atoms with Gasteiger partial charge in [0.15, 0.2) is 0 Å². The molecule has 4 nitrogen and oxygen atoms in total. The predicted octanol–water partition coefficient (Wildman–Crippen LogP) is 3.61. The van der Waals surface area contributed by atoms with Crippen LogP contribution in [0.15, 0.2) is 48.5 Å². The second-order valence-corrected chi connectivity index (χ2v) is 8.83. The molecule has 146 valence electrons. The summed E-state index contributed by atoms with van der Waals surface area (Å²) in [4.78, 5) is 13.5. The van der Waals surface area contributed by atoms with Crippen molar-refractivity contribution in [2.45, 2.75) is 6.18 Å². The van der Waals surface area contributed by atoms with Gasteiger partial charge in [-0.3, -0.25) is 9.57 Å². The molecule has 0 bridgehead atoms. The van der Waals surface area contributed by atoms with Gasteiger partial charge >= 0.3 is 6.18 Å². The molecule has 1 aliphatic rings. The van der Waals surface area contributed by atoms with Crippen molar-refractivity contribution < 1.29 is 22.2 Å². The van der Waals surface area contributed by atoms with E-state index in [4.69, 9.17) is 4.78 Å². The molecule has 0 aliphatic carbocycles. The normalized spacial score (nSPS) is 16.2. The average Bonchev–Trinajstić information content (AvgIpc) is 2.66. The van der Waals surface area contributed by atoms with Crippen LogP contribution in [0.5, 0.6) is 0 Å². The smallest absolute Gasteiger partial charge is 0.330 e. The summed E-state index contributed by atoms with van der Waals surface area (Å²) in [6.07, 6.45) is -4.56. The number of carbonyl (C=O) groups is 1. The second kappa shape index (κ2) is 7.68. The zero-order valence-electron chi connectivity index (χ0n) is 14.8. The van der Waals surface area contributed by atoms with Gasteiger partial charge in [0.1, 0.15) is 0 Å². The third kappa shape index (κ3) is 4.73. The third-order valence-corrected chi connectivity index (χ3v) is 6.08. The van der Waals surface area contributed by atoms with Crippen molar-refractivity contribution in [1.82, 2.24) is 4.90 Å². The summed E-state index contributed by atoms with van der Waals surface area (Å²) in [5, 5.41) is 0. The molecule has 0 saturated carbocycles. The van der Waals surface area contributed by atoms with Crippen LogP contribution in [0, 0.1) is 16.6 Å². The van der Waals surface area contributed by atoms with Crippen molar-refractivity contribution >= 4 is 15.6 Å². The van der Waals surface area contributed by atoms with Crippen LogP contribution in [0.25, 0.3) is 11.1 Å². The first-order chi connectivity index (χ1) is 13.2. The molecular formula is C20H17F3N2O2S.